The summed E-state index contributed by atoms with van der Waals surface area (Å²) in [6.45, 7) is 5.95. The number of amides is 1. The van der Waals surface area contributed by atoms with Crippen molar-refractivity contribution in [1.29, 1.82) is 0 Å². The first-order valence-corrected chi connectivity index (χ1v) is 9.24. The molecule has 0 aliphatic heterocycles. The van der Waals surface area contributed by atoms with Crippen molar-refractivity contribution in [1.82, 2.24) is 5.32 Å². The highest BCUT2D eigenvalue weighted by Crippen LogP contribution is 2.24. The van der Waals surface area contributed by atoms with E-state index < -0.39 is 10.0 Å². The highest BCUT2D eigenvalue weighted by molar-refractivity contribution is 9.10. The molecule has 1 rings (SSSR count). The maximum atomic E-state index is 12.4. The Morgan fingerprint density at radius 1 is 1.36 bits per heavy atom. The van der Waals surface area contributed by atoms with Crippen LogP contribution >= 0.6 is 15.9 Å². The molecular formula is C14H22BrN3O3S. The smallest absolute Gasteiger partial charge is 0.251 e. The van der Waals surface area contributed by atoms with E-state index >= 15 is 0 Å². The molecule has 0 bridgehead atoms. The van der Waals surface area contributed by atoms with E-state index in [1.165, 1.54) is 6.07 Å². The number of benzene rings is 1. The van der Waals surface area contributed by atoms with Gasteiger partial charge in [-0.05, 0) is 37.0 Å². The molecule has 1 aromatic rings. The Labute approximate surface area is 139 Å². The van der Waals surface area contributed by atoms with Crippen LogP contribution in [0, 0.1) is 12.8 Å². The first-order chi connectivity index (χ1) is 10.1. The number of nitrogens with one attached hydrogen (secondary N) is 1. The van der Waals surface area contributed by atoms with E-state index in [1.54, 1.807) is 13.0 Å². The molecule has 0 radical (unpaired) electrons. The number of nitrogens with two attached hydrogens (primary N) is 2. The fourth-order valence-corrected chi connectivity index (χ4v) is 3.67. The third kappa shape index (κ3) is 5.05. The van der Waals surface area contributed by atoms with Crippen molar-refractivity contribution in [3.05, 3.63) is 27.7 Å². The highest BCUT2D eigenvalue weighted by atomic mass is 79.9. The van der Waals surface area contributed by atoms with Crippen LogP contribution in [-0.4, -0.2) is 26.9 Å². The lowest BCUT2D eigenvalue weighted by Gasteiger charge is -2.20. The van der Waals surface area contributed by atoms with Crippen LogP contribution in [0.3, 0.4) is 0 Å². The molecule has 0 saturated carbocycles. The summed E-state index contributed by atoms with van der Waals surface area (Å²) < 4.78 is 23.7. The van der Waals surface area contributed by atoms with Gasteiger partial charge in [-0.1, -0.05) is 29.8 Å². The summed E-state index contributed by atoms with van der Waals surface area (Å²) >= 11 is 3.21. The van der Waals surface area contributed by atoms with Gasteiger partial charge in [-0.15, -0.1) is 0 Å². The van der Waals surface area contributed by atoms with Crippen molar-refractivity contribution in [3.63, 3.8) is 0 Å². The van der Waals surface area contributed by atoms with Crippen molar-refractivity contribution in [3.8, 4) is 0 Å². The molecule has 22 heavy (non-hydrogen) atoms. The average molecular weight is 392 g/mol. The van der Waals surface area contributed by atoms with Crippen LogP contribution in [0.1, 0.15) is 36.2 Å². The number of rotatable bonds is 6. The maximum absolute atomic E-state index is 12.4. The molecule has 6 nitrogen and oxygen atoms in total. The number of hydrogen-bond donors (Lipinski definition) is 3. The van der Waals surface area contributed by atoms with Crippen LogP contribution in [0.2, 0.25) is 0 Å². The van der Waals surface area contributed by atoms with Gasteiger partial charge in [0.25, 0.3) is 5.91 Å². The summed E-state index contributed by atoms with van der Waals surface area (Å²) in [7, 11) is -3.90. The molecule has 0 aliphatic rings. The second-order valence-electron chi connectivity index (χ2n) is 5.66. The Kier molecular flexibility index (Phi) is 6.54. The standard InChI is InChI=1S/C14H22BrN3O3S/c1-8(2)4-11(7-16)18-14(19)12-5-10(15)6-13(9(12)3)22(17,20)21/h5-6,8,11H,4,7,16H2,1-3H3,(H,18,19)(H2,17,20,21). The predicted molar refractivity (Wildman–Crippen MR) is 90.0 cm³/mol. The zero-order valence-electron chi connectivity index (χ0n) is 12.9. The summed E-state index contributed by atoms with van der Waals surface area (Å²) in [5, 5.41) is 8.03. The lowest BCUT2D eigenvalue weighted by Crippen LogP contribution is -2.41. The topological polar surface area (TPSA) is 115 Å². The third-order valence-corrected chi connectivity index (χ3v) is 4.75. The summed E-state index contributed by atoms with van der Waals surface area (Å²) in [5.74, 6) is 0.0252. The molecular weight excluding hydrogens is 370 g/mol. The van der Waals surface area contributed by atoms with Crippen molar-refractivity contribution in [2.45, 2.75) is 38.1 Å². The summed E-state index contributed by atoms with van der Waals surface area (Å²) in [6, 6.07) is 2.79. The molecule has 1 unspecified atom stereocenters. The highest BCUT2D eigenvalue weighted by Gasteiger charge is 2.21. The van der Waals surface area contributed by atoms with E-state index in [2.05, 4.69) is 21.2 Å². The Balaban J connectivity index is 3.16. The van der Waals surface area contributed by atoms with Crippen molar-refractivity contribution in [2.75, 3.05) is 6.54 Å². The van der Waals surface area contributed by atoms with Crippen molar-refractivity contribution >= 4 is 31.9 Å². The molecule has 0 saturated heterocycles. The third-order valence-electron chi connectivity index (χ3n) is 3.25. The first kappa shape index (κ1) is 19.1. The molecule has 124 valence electrons. The molecule has 1 amide bonds. The van der Waals surface area contributed by atoms with Crippen molar-refractivity contribution in [2.24, 2.45) is 16.8 Å². The molecule has 1 aromatic carbocycles. The van der Waals surface area contributed by atoms with E-state index in [0.29, 0.717) is 22.5 Å². The normalized spacial score (nSPS) is 13.2. The Morgan fingerprint density at radius 3 is 2.41 bits per heavy atom. The lowest BCUT2D eigenvalue weighted by molar-refractivity contribution is 0.0933. The van der Waals surface area contributed by atoms with Crippen LogP contribution in [0.5, 0.6) is 0 Å². The molecule has 0 spiro atoms. The second kappa shape index (κ2) is 7.54. The lowest BCUT2D eigenvalue weighted by atomic mass is 10.0. The van der Waals surface area contributed by atoms with Crippen LogP contribution in [0.15, 0.2) is 21.5 Å². The molecule has 8 heteroatoms. The minimum atomic E-state index is -3.90. The number of carbonyl (C=O) groups is 1. The zero-order chi connectivity index (χ0) is 17.1. The maximum Gasteiger partial charge on any atom is 0.251 e. The quantitative estimate of drug-likeness (QED) is 0.681. The minimum Gasteiger partial charge on any atom is -0.348 e. The Bertz CT molecular complexity index is 660. The van der Waals surface area contributed by atoms with E-state index in [-0.39, 0.29) is 22.4 Å². The van der Waals surface area contributed by atoms with Gasteiger partial charge in [-0.2, -0.15) is 0 Å². The first-order valence-electron chi connectivity index (χ1n) is 6.90. The van der Waals surface area contributed by atoms with Gasteiger partial charge < -0.3 is 11.1 Å². The fraction of sp³-hybridized carbons (Fsp3) is 0.500. The number of primary sulfonamides is 1. The number of halogens is 1. The molecule has 0 aromatic heterocycles. The van der Waals surface area contributed by atoms with E-state index in [4.69, 9.17) is 10.9 Å². The molecule has 5 N–H and O–H groups in total. The Morgan fingerprint density at radius 2 is 1.95 bits per heavy atom. The van der Waals surface area contributed by atoms with Crippen LogP contribution < -0.4 is 16.2 Å². The minimum absolute atomic E-state index is 0.0693. The van der Waals surface area contributed by atoms with Gasteiger partial charge in [0.1, 0.15) is 0 Å². The largest absolute Gasteiger partial charge is 0.348 e. The monoisotopic (exact) mass is 391 g/mol. The Hall–Kier alpha value is -0.960. The van der Waals surface area contributed by atoms with Gasteiger partial charge in [0, 0.05) is 22.6 Å². The van der Waals surface area contributed by atoms with Crippen LogP contribution in [-0.2, 0) is 10.0 Å². The van der Waals surface area contributed by atoms with Gasteiger partial charge in [0.05, 0.1) is 4.90 Å². The number of sulfonamides is 1. The van der Waals surface area contributed by atoms with Gasteiger partial charge in [-0.25, -0.2) is 13.6 Å². The van der Waals surface area contributed by atoms with Gasteiger partial charge >= 0.3 is 0 Å². The summed E-state index contributed by atoms with van der Waals surface area (Å²) in [5.41, 5.74) is 6.26. The molecule has 0 heterocycles. The van der Waals surface area contributed by atoms with Gasteiger partial charge in [0.2, 0.25) is 10.0 Å². The fourth-order valence-electron chi connectivity index (χ4n) is 2.23. The van der Waals surface area contributed by atoms with Crippen LogP contribution in [0.4, 0.5) is 0 Å². The van der Waals surface area contributed by atoms with Gasteiger partial charge in [0.15, 0.2) is 0 Å². The summed E-state index contributed by atoms with van der Waals surface area (Å²) in [4.78, 5) is 12.4. The molecule has 0 fully saturated rings. The predicted octanol–water partition coefficient (Wildman–Crippen LogP) is 1.51. The molecule has 1 atom stereocenters. The second-order valence-corrected chi connectivity index (χ2v) is 8.10. The van der Waals surface area contributed by atoms with Gasteiger partial charge in [-0.3, -0.25) is 4.79 Å². The van der Waals surface area contributed by atoms with Crippen LogP contribution in [0.25, 0.3) is 0 Å². The number of carbonyl (C=O) groups excluding carboxylic acids is 1. The van der Waals surface area contributed by atoms with E-state index in [1.807, 2.05) is 13.8 Å². The average Bonchev–Trinajstić information content (AvgIpc) is 2.38. The van der Waals surface area contributed by atoms with E-state index in [9.17, 15) is 13.2 Å². The zero-order valence-corrected chi connectivity index (χ0v) is 15.3. The SMILES string of the molecule is Cc1c(C(=O)NC(CN)CC(C)C)cc(Br)cc1S(N)(=O)=O. The molecule has 0 aliphatic carbocycles. The van der Waals surface area contributed by atoms with E-state index in [0.717, 1.165) is 6.42 Å². The summed E-state index contributed by atoms with van der Waals surface area (Å²) in [6.07, 6.45) is 0.747. The number of hydrogen-bond acceptors (Lipinski definition) is 4. The van der Waals surface area contributed by atoms with Crippen molar-refractivity contribution < 1.29 is 13.2 Å².